The number of carbonyl (C=O) groups is 3. The molecule has 0 unspecified atom stereocenters. The summed E-state index contributed by atoms with van der Waals surface area (Å²) < 4.78 is 37.5. The number of nitrogens with one attached hydrogen (secondary N) is 1. The van der Waals surface area contributed by atoms with Crippen molar-refractivity contribution < 1.29 is 27.6 Å². The molecule has 0 radical (unpaired) electrons. The first kappa shape index (κ1) is 20.2. The lowest BCUT2D eigenvalue weighted by molar-refractivity contribution is -0.186. The van der Waals surface area contributed by atoms with Crippen LogP contribution in [0.25, 0.3) is 0 Å². The maximum atomic E-state index is 12.7. The largest absolute Gasteiger partial charge is 0.471 e. The summed E-state index contributed by atoms with van der Waals surface area (Å²) in [6.45, 7) is 1.90. The van der Waals surface area contributed by atoms with Crippen molar-refractivity contribution in [2.45, 2.75) is 38.4 Å². The summed E-state index contributed by atoms with van der Waals surface area (Å²) in [6, 6.07) is 6.84. The van der Waals surface area contributed by atoms with E-state index >= 15 is 0 Å². The third-order valence-corrected chi connectivity index (χ3v) is 5.28. The molecule has 1 aromatic rings. The zero-order valence-electron chi connectivity index (χ0n) is 15.5. The SMILES string of the molecule is C[C@@H](NC(=O)C1CCN(C(=O)C(F)(F)F)CC1)C(=O)N1CCc2ccccc21. The molecule has 1 N–H and O–H groups in total. The summed E-state index contributed by atoms with van der Waals surface area (Å²) in [6.07, 6.45) is -3.86. The fraction of sp³-hybridized carbons (Fsp3) is 0.526. The van der Waals surface area contributed by atoms with Crippen molar-refractivity contribution >= 4 is 23.4 Å². The number of amides is 3. The fourth-order valence-electron chi connectivity index (χ4n) is 3.72. The first-order chi connectivity index (χ1) is 13.2. The first-order valence-corrected chi connectivity index (χ1v) is 9.24. The van der Waals surface area contributed by atoms with Gasteiger partial charge in [0.05, 0.1) is 0 Å². The summed E-state index contributed by atoms with van der Waals surface area (Å²) in [5, 5.41) is 2.68. The topological polar surface area (TPSA) is 69.7 Å². The molecule has 0 saturated carbocycles. The Morgan fingerprint density at radius 3 is 2.39 bits per heavy atom. The van der Waals surface area contributed by atoms with Gasteiger partial charge >= 0.3 is 12.1 Å². The smallest absolute Gasteiger partial charge is 0.344 e. The van der Waals surface area contributed by atoms with Gasteiger partial charge in [-0.25, -0.2) is 0 Å². The minimum absolute atomic E-state index is 0.127. The van der Waals surface area contributed by atoms with Gasteiger partial charge in [0.2, 0.25) is 11.8 Å². The summed E-state index contributed by atoms with van der Waals surface area (Å²) >= 11 is 0. The Morgan fingerprint density at radius 2 is 1.75 bits per heavy atom. The lowest BCUT2D eigenvalue weighted by Crippen LogP contribution is -2.51. The van der Waals surface area contributed by atoms with Crippen LogP contribution in [0.15, 0.2) is 24.3 Å². The van der Waals surface area contributed by atoms with Gasteiger partial charge in [-0.05, 0) is 37.8 Å². The van der Waals surface area contributed by atoms with Gasteiger partial charge in [-0.1, -0.05) is 18.2 Å². The molecule has 0 bridgehead atoms. The highest BCUT2D eigenvalue weighted by Crippen LogP contribution is 2.28. The highest BCUT2D eigenvalue weighted by Gasteiger charge is 2.44. The van der Waals surface area contributed by atoms with Crippen molar-refractivity contribution in [3.8, 4) is 0 Å². The number of para-hydroxylation sites is 1. The third-order valence-electron chi connectivity index (χ3n) is 5.28. The van der Waals surface area contributed by atoms with Gasteiger partial charge in [0.15, 0.2) is 0 Å². The minimum Gasteiger partial charge on any atom is -0.344 e. The van der Waals surface area contributed by atoms with E-state index in [1.165, 1.54) is 0 Å². The Morgan fingerprint density at radius 1 is 1.11 bits per heavy atom. The van der Waals surface area contributed by atoms with Crippen molar-refractivity contribution in [2.24, 2.45) is 5.92 Å². The number of hydrogen-bond acceptors (Lipinski definition) is 3. The third kappa shape index (κ3) is 4.13. The van der Waals surface area contributed by atoms with Crippen molar-refractivity contribution in [3.63, 3.8) is 0 Å². The van der Waals surface area contributed by atoms with Crippen molar-refractivity contribution in [3.05, 3.63) is 29.8 Å². The maximum Gasteiger partial charge on any atom is 0.471 e. The molecule has 1 aromatic carbocycles. The van der Waals surface area contributed by atoms with Crippen LogP contribution >= 0.6 is 0 Å². The summed E-state index contributed by atoms with van der Waals surface area (Å²) in [4.78, 5) is 38.8. The molecule has 2 aliphatic heterocycles. The normalized spacial score (nSPS) is 18.6. The molecule has 9 heteroatoms. The molecule has 152 valence electrons. The second kappa shape index (κ2) is 7.81. The number of benzene rings is 1. The van der Waals surface area contributed by atoms with Gasteiger partial charge in [0.25, 0.3) is 0 Å². The number of rotatable bonds is 3. The molecular formula is C19H22F3N3O3. The van der Waals surface area contributed by atoms with Crippen LogP contribution in [0.2, 0.25) is 0 Å². The number of hydrogen-bond donors (Lipinski definition) is 1. The molecule has 2 aliphatic rings. The molecule has 0 aromatic heterocycles. The molecule has 1 fully saturated rings. The van der Waals surface area contributed by atoms with E-state index in [1.807, 2.05) is 24.3 Å². The van der Waals surface area contributed by atoms with E-state index in [4.69, 9.17) is 0 Å². The van der Waals surface area contributed by atoms with Gasteiger partial charge in [0.1, 0.15) is 6.04 Å². The van der Waals surface area contributed by atoms with E-state index in [0.29, 0.717) is 6.54 Å². The molecule has 1 atom stereocenters. The molecule has 2 heterocycles. The van der Waals surface area contributed by atoms with Gasteiger partial charge in [0, 0.05) is 31.2 Å². The van der Waals surface area contributed by atoms with Gasteiger partial charge in [-0.2, -0.15) is 13.2 Å². The number of anilines is 1. The second-order valence-corrected chi connectivity index (χ2v) is 7.16. The molecule has 28 heavy (non-hydrogen) atoms. The summed E-state index contributed by atoms with van der Waals surface area (Å²) in [5.41, 5.74) is 1.92. The van der Waals surface area contributed by atoms with Crippen LogP contribution in [0, 0.1) is 5.92 Å². The molecule has 6 nitrogen and oxygen atoms in total. The van der Waals surface area contributed by atoms with Crippen LogP contribution in [0.3, 0.4) is 0 Å². The average Bonchev–Trinajstić information content (AvgIpc) is 3.10. The molecule has 1 saturated heterocycles. The average molecular weight is 397 g/mol. The second-order valence-electron chi connectivity index (χ2n) is 7.16. The lowest BCUT2D eigenvalue weighted by atomic mass is 9.95. The zero-order valence-corrected chi connectivity index (χ0v) is 15.5. The number of halogens is 3. The standard InChI is InChI=1S/C19H22F3N3O3/c1-12(17(27)25-11-8-13-4-2-3-5-15(13)25)23-16(26)14-6-9-24(10-7-14)18(28)19(20,21)22/h2-5,12,14H,6-11H2,1H3,(H,23,26)/t12-/m1/s1. The van der Waals surface area contributed by atoms with E-state index in [9.17, 15) is 27.6 Å². The van der Waals surface area contributed by atoms with Crippen molar-refractivity contribution in [2.75, 3.05) is 24.5 Å². The van der Waals surface area contributed by atoms with Crippen LogP contribution in [0.4, 0.5) is 18.9 Å². The quantitative estimate of drug-likeness (QED) is 0.847. The highest BCUT2D eigenvalue weighted by atomic mass is 19.4. The van der Waals surface area contributed by atoms with Crippen molar-refractivity contribution in [1.82, 2.24) is 10.2 Å². The Hall–Kier alpha value is -2.58. The summed E-state index contributed by atoms with van der Waals surface area (Å²) in [5.74, 6) is -2.98. The van der Waals surface area contributed by atoms with Gasteiger partial charge < -0.3 is 15.1 Å². The molecular weight excluding hydrogens is 375 g/mol. The number of alkyl halides is 3. The van der Waals surface area contributed by atoms with E-state index in [0.717, 1.165) is 22.6 Å². The van der Waals surface area contributed by atoms with Crippen molar-refractivity contribution in [1.29, 1.82) is 0 Å². The number of likely N-dealkylation sites (tertiary alicyclic amines) is 1. The number of piperidine rings is 1. The predicted molar refractivity (Wildman–Crippen MR) is 95.5 cm³/mol. The van der Waals surface area contributed by atoms with E-state index < -0.39 is 24.0 Å². The lowest BCUT2D eigenvalue weighted by Gasteiger charge is -2.32. The van der Waals surface area contributed by atoms with Crippen LogP contribution < -0.4 is 10.2 Å². The minimum atomic E-state index is -4.90. The maximum absolute atomic E-state index is 12.7. The van der Waals surface area contributed by atoms with E-state index in [-0.39, 0.29) is 37.7 Å². The number of fused-ring (bicyclic) bond motifs is 1. The van der Waals surface area contributed by atoms with Gasteiger partial charge in [-0.3, -0.25) is 14.4 Å². The Bertz CT molecular complexity index is 773. The Labute approximate surface area is 160 Å². The molecule has 3 rings (SSSR count). The number of nitrogens with zero attached hydrogens (tertiary/aromatic N) is 2. The monoisotopic (exact) mass is 397 g/mol. The Kier molecular flexibility index (Phi) is 5.62. The predicted octanol–water partition coefficient (Wildman–Crippen LogP) is 1.88. The van der Waals surface area contributed by atoms with Crippen LogP contribution in [0.1, 0.15) is 25.3 Å². The van der Waals surface area contributed by atoms with E-state index in [2.05, 4.69) is 5.32 Å². The summed E-state index contributed by atoms with van der Waals surface area (Å²) in [7, 11) is 0. The van der Waals surface area contributed by atoms with Gasteiger partial charge in [-0.15, -0.1) is 0 Å². The zero-order chi connectivity index (χ0) is 20.5. The number of carbonyl (C=O) groups excluding carboxylic acids is 3. The van der Waals surface area contributed by atoms with Crippen LogP contribution in [-0.2, 0) is 20.8 Å². The first-order valence-electron chi connectivity index (χ1n) is 9.24. The highest BCUT2D eigenvalue weighted by molar-refractivity contribution is 6.00. The molecule has 3 amide bonds. The van der Waals surface area contributed by atoms with Crippen LogP contribution in [-0.4, -0.2) is 54.5 Å². The van der Waals surface area contributed by atoms with E-state index in [1.54, 1.807) is 11.8 Å². The van der Waals surface area contributed by atoms with Crippen LogP contribution in [0.5, 0.6) is 0 Å². The fourth-order valence-corrected chi connectivity index (χ4v) is 3.72. The molecule has 0 aliphatic carbocycles. The Balaban J connectivity index is 1.53. The molecule has 0 spiro atoms.